The van der Waals surface area contributed by atoms with Crippen molar-refractivity contribution in [2.75, 3.05) is 0 Å². The van der Waals surface area contributed by atoms with Gasteiger partial charge in [0.25, 0.3) is 0 Å². The van der Waals surface area contributed by atoms with E-state index in [1.165, 1.54) is 105 Å². The van der Waals surface area contributed by atoms with Crippen LogP contribution in [-0.4, -0.2) is 13.7 Å². The fourth-order valence-corrected chi connectivity index (χ4v) is 9.61. The first-order valence-electron chi connectivity index (χ1n) is 19.8. The summed E-state index contributed by atoms with van der Waals surface area (Å²) in [6, 6.07) is 52.9. The van der Waals surface area contributed by atoms with Crippen molar-refractivity contribution in [2.45, 2.75) is 65.2 Å². The van der Waals surface area contributed by atoms with E-state index in [9.17, 15) is 0 Å². The number of benzene rings is 7. The monoisotopic (exact) mass is 711 g/mol. The lowest BCUT2D eigenvalue weighted by molar-refractivity contribution is 0.590. The van der Waals surface area contributed by atoms with Crippen LogP contribution in [0.25, 0.3) is 82.5 Å². The van der Waals surface area contributed by atoms with Gasteiger partial charge in [-0.2, -0.15) is 0 Å². The highest BCUT2D eigenvalue weighted by atomic mass is 15.0. The highest BCUT2D eigenvalue weighted by Crippen LogP contribution is 2.45. The maximum Gasteiger partial charge on any atom is 0.0564 e. The zero-order chi connectivity index (χ0) is 37.4. The summed E-state index contributed by atoms with van der Waals surface area (Å²) in [4.78, 5) is 0. The molecule has 55 heavy (non-hydrogen) atoms. The van der Waals surface area contributed by atoms with Crippen molar-refractivity contribution in [3.05, 3.63) is 162 Å². The summed E-state index contributed by atoms with van der Waals surface area (Å²) < 4.78 is 7.54. The van der Waals surface area contributed by atoms with Gasteiger partial charge in [-0.15, -0.1) is 0 Å². The van der Waals surface area contributed by atoms with Gasteiger partial charge in [0.1, 0.15) is 0 Å². The van der Waals surface area contributed by atoms with Crippen LogP contribution in [-0.2, 0) is 23.7 Å². The molecule has 0 saturated carbocycles. The molecule has 10 aromatic rings. The summed E-state index contributed by atoms with van der Waals surface area (Å²) in [5, 5.41) is 8.01. The Morgan fingerprint density at radius 1 is 0.345 bits per heavy atom. The molecule has 0 amide bonds. The van der Waals surface area contributed by atoms with Gasteiger partial charge < -0.3 is 13.7 Å². The summed E-state index contributed by atoms with van der Waals surface area (Å²) in [5.41, 5.74) is 16.8. The third-order valence-electron chi connectivity index (χ3n) is 12.4. The van der Waals surface area contributed by atoms with E-state index in [0.717, 1.165) is 12.8 Å². The molecule has 3 nitrogen and oxygen atoms in total. The van der Waals surface area contributed by atoms with E-state index in [-0.39, 0.29) is 10.8 Å². The molecule has 0 radical (unpaired) electrons. The Kier molecular flexibility index (Phi) is 6.62. The molecular weight excluding hydrogens is 667 g/mol. The molecule has 0 atom stereocenters. The molecule has 3 heteroatoms. The van der Waals surface area contributed by atoms with Gasteiger partial charge in [0, 0.05) is 49.4 Å². The van der Waals surface area contributed by atoms with Crippen LogP contribution in [0.5, 0.6) is 0 Å². The second kappa shape index (κ2) is 11.2. The molecule has 0 unspecified atom stereocenters. The van der Waals surface area contributed by atoms with E-state index in [1.54, 1.807) is 0 Å². The Hall–Kier alpha value is -6.06. The van der Waals surface area contributed by atoms with Gasteiger partial charge in [0.15, 0.2) is 0 Å². The number of aromatic nitrogens is 3. The normalized spacial score (nSPS) is 13.5. The molecule has 0 fully saturated rings. The highest BCUT2D eigenvalue weighted by molar-refractivity contribution is 6.16. The summed E-state index contributed by atoms with van der Waals surface area (Å²) in [7, 11) is 0. The Balaban J connectivity index is 1.24. The number of para-hydroxylation sites is 3. The van der Waals surface area contributed by atoms with E-state index in [4.69, 9.17) is 0 Å². The minimum absolute atomic E-state index is 0.0553. The number of nitrogens with zero attached hydrogens (tertiary/aromatic N) is 3. The van der Waals surface area contributed by atoms with Gasteiger partial charge in [0.2, 0.25) is 0 Å². The minimum atomic E-state index is 0.0553. The second-order valence-corrected chi connectivity index (χ2v) is 17.8. The van der Waals surface area contributed by atoms with Gasteiger partial charge in [0.05, 0.1) is 33.1 Å². The minimum Gasteiger partial charge on any atom is -0.309 e. The van der Waals surface area contributed by atoms with Crippen LogP contribution in [0, 0.1) is 0 Å². The van der Waals surface area contributed by atoms with Gasteiger partial charge in [-0.25, -0.2) is 0 Å². The lowest BCUT2D eigenvalue weighted by Gasteiger charge is -2.19. The Labute approximate surface area is 322 Å². The van der Waals surface area contributed by atoms with Gasteiger partial charge in [-0.1, -0.05) is 108 Å². The fourth-order valence-electron chi connectivity index (χ4n) is 9.61. The predicted octanol–water partition coefficient (Wildman–Crippen LogP) is 13.7. The van der Waals surface area contributed by atoms with Crippen LogP contribution >= 0.6 is 0 Å². The summed E-state index contributed by atoms with van der Waals surface area (Å²) >= 11 is 0. The van der Waals surface area contributed by atoms with Crippen LogP contribution in [0.3, 0.4) is 0 Å². The lowest BCUT2D eigenvalue weighted by atomic mass is 9.85. The second-order valence-electron chi connectivity index (χ2n) is 17.8. The van der Waals surface area contributed by atoms with Crippen molar-refractivity contribution in [1.82, 2.24) is 13.7 Å². The molecule has 1 aliphatic rings. The predicted molar refractivity (Wildman–Crippen MR) is 234 cm³/mol. The van der Waals surface area contributed by atoms with E-state index in [0.29, 0.717) is 0 Å². The zero-order valence-corrected chi connectivity index (χ0v) is 32.5. The summed E-state index contributed by atoms with van der Waals surface area (Å²) in [5.74, 6) is 0. The lowest BCUT2D eigenvalue weighted by Crippen LogP contribution is -2.10. The van der Waals surface area contributed by atoms with Crippen molar-refractivity contribution in [3.8, 4) is 17.1 Å². The van der Waals surface area contributed by atoms with Crippen LogP contribution in [0.15, 0.2) is 140 Å². The Bertz CT molecular complexity index is 3080. The Morgan fingerprint density at radius 2 is 0.745 bits per heavy atom. The SMILES string of the molecule is CC(C)(C)c1ccc2c(c1)c1cc(C(C)(C)C)ccc1n2-c1cc2c3c4c(cc(-n5c6ccccc6c6ccccc65)cc4n(-c4ccccc4)c3c1)CC2. The number of fused-ring (bicyclic) bond motifs is 6. The maximum absolute atomic E-state index is 2.53. The van der Waals surface area contributed by atoms with Gasteiger partial charge in [-0.05, 0) is 119 Å². The smallest absolute Gasteiger partial charge is 0.0564 e. The molecule has 1 aliphatic carbocycles. The third kappa shape index (κ3) is 4.69. The van der Waals surface area contributed by atoms with Crippen molar-refractivity contribution in [3.63, 3.8) is 0 Å². The topological polar surface area (TPSA) is 14.8 Å². The van der Waals surface area contributed by atoms with Crippen LogP contribution < -0.4 is 0 Å². The molecule has 7 aromatic carbocycles. The van der Waals surface area contributed by atoms with Crippen LogP contribution in [0.1, 0.15) is 63.8 Å². The van der Waals surface area contributed by atoms with E-state index in [1.807, 2.05) is 0 Å². The number of rotatable bonds is 3. The molecule has 3 aromatic heterocycles. The average molecular weight is 712 g/mol. The van der Waals surface area contributed by atoms with E-state index in [2.05, 4.69) is 195 Å². The quantitative estimate of drug-likeness (QED) is 0.173. The standard InChI is InChI=1S/C52H45N3/c1-51(2,3)34-22-24-45-41(28-34)42-29-35(52(4,5)6)23-25-46(42)55(45)38-27-33-21-20-32-26-37(54-43-18-12-10-16-39(43)40-17-11-13-19-44(40)54)30-47-49(32)50(33)48(31-38)53(47)36-14-8-7-9-15-36/h7-19,22-31H,20-21H2,1-6H3. The van der Waals surface area contributed by atoms with Crippen molar-refractivity contribution >= 4 is 65.4 Å². The first-order chi connectivity index (χ1) is 26.5. The van der Waals surface area contributed by atoms with E-state index < -0.39 is 0 Å². The molecule has 11 rings (SSSR count). The first kappa shape index (κ1) is 32.4. The molecule has 0 bridgehead atoms. The molecule has 0 spiro atoms. The average Bonchev–Trinajstić information content (AvgIpc) is 3.82. The molecule has 268 valence electrons. The van der Waals surface area contributed by atoms with Gasteiger partial charge in [-0.3, -0.25) is 0 Å². The third-order valence-corrected chi connectivity index (χ3v) is 12.4. The summed E-state index contributed by atoms with van der Waals surface area (Å²) in [6.07, 6.45) is 2.00. The zero-order valence-electron chi connectivity index (χ0n) is 32.5. The molecule has 0 N–H and O–H groups in total. The number of aryl methyl sites for hydroxylation is 2. The van der Waals surface area contributed by atoms with Crippen molar-refractivity contribution in [2.24, 2.45) is 0 Å². The first-order valence-corrected chi connectivity index (χ1v) is 19.8. The fraction of sp³-hybridized carbons (Fsp3) is 0.192. The molecule has 3 heterocycles. The van der Waals surface area contributed by atoms with Crippen LogP contribution in [0.2, 0.25) is 0 Å². The highest BCUT2D eigenvalue weighted by Gasteiger charge is 2.27. The largest absolute Gasteiger partial charge is 0.309 e. The summed E-state index contributed by atoms with van der Waals surface area (Å²) in [6.45, 7) is 13.9. The Morgan fingerprint density at radius 3 is 1.20 bits per heavy atom. The molecule has 0 saturated heterocycles. The van der Waals surface area contributed by atoms with E-state index >= 15 is 0 Å². The van der Waals surface area contributed by atoms with Crippen molar-refractivity contribution in [1.29, 1.82) is 0 Å². The molecule has 0 aliphatic heterocycles. The molecular formula is C52H45N3. The number of hydrogen-bond donors (Lipinski definition) is 0. The number of hydrogen-bond acceptors (Lipinski definition) is 0. The van der Waals surface area contributed by atoms with Crippen molar-refractivity contribution < 1.29 is 0 Å². The van der Waals surface area contributed by atoms with Gasteiger partial charge >= 0.3 is 0 Å². The van der Waals surface area contributed by atoms with Crippen LogP contribution in [0.4, 0.5) is 0 Å². The maximum atomic E-state index is 2.53.